The average Bonchev–Trinajstić information content (AvgIpc) is 1.86. The van der Waals surface area contributed by atoms with Crippen molar-refractivity contribution in [2.45, 2.75) is 38.7 Å². The maximum Gasteiger partial charge on any atom is 0.0807 e. The molecule has 0 aromatic carbocycles. The molecule has 1 nitrogen and oxygen atoms in total. The van der Waals surface area contributed by atoms with Crippen molar-refractivity contribution >= 4 is 0 Å². The molecule has 0 bridgehead atoms. The minimum atomic E-state index is -0.568. The van der Waals surface area contributed by atoms with Crippen molar-refractivity contribution in [2.24, 2.45) is 5.41 Å². The maximum absolute atomic E-state index is 9.80. The Kier molecular flexibility index (Phi) is 1.53. The van der Waals surface area contributed by atoms with Crippen molar-refractivity contribution in [3.8, 4) is 12.3 Å². The molecule has 1 saturated carbocycles. The van der Waals surface area contributed by atoms with Crippen LogP contribution >= 0.6 is 0 Å². The lowest BCUT2D eigenvalue weighted by molar-refractivity contribution is -0.143. The van der Waals surface area contributed by atoms with Crippen molar-refractivity contribution in [2.75, 3.05) is 0 Å². The van der Waals surface area contributed by atoms with E-state index in [0.29, 0.717) is 6.42 Å². The van der Waals surface area contributed by atoms with Gasteiger partial charge in [-0.2, -0.15) is 0 Å². The Labute approximate surface area is 62.4 Å². The second-order valence-corrected chi connectivity index (χ2v) is 3.80. The summed E-state index contributed by atoms with van der Waals surface area (Å²) in [5, 5.41) is 9.80. The minimum Gasteiger partial charge on any atom is -0.388 e. The number of hydrogen-bond donors (Lipinski definition) is 1. The molecule has 0 aromatic heterocycles. The summed E-state index contributed by atoms with van der Waals surface area (Å²) < 4.78 is 0. The third-order valence-electron chi connectivity index (χ3n) is 2.82. The monoisotopic (exact) mass is 138 g/mol. The van der Waals surface area contributed by atoms with Crippen LogP contribution in [0, 0.1) is 17.8 Å². The largest absolute Gasteiger partial charge is 0.388 e. The van der Waals surface area contributed by atoms with Gasteiger partial charge in [0, 0.05) is 6.42 Å². The van der Waals surface area contributed by atoms with Crippen LogP contribution in [0.2, 0.25) is 0 Å². The van der Waals surface area contributed by atoms with Gasteiger partial charge >= 0.3 is 0 Å². The quantitative estimate of drug-likeness (QED) is 0.545. The van der Waals surface area contributed by atoms with Crippen molar-refractivity contribution in [1.29, 1.82) is 0 Å². The molecule has 0 amide bonds. The van der Waals surface area contributed by atoms with Crippen molar-refractivity contribution in [3.63, 3.8) is 0 Å². The summed E-state index contributed by atoms with van der Waals surface area (Å²) in [5.74, 6) is 2.52. The Hall–Kier alpha value is -0.480. The summed E-state index contributed by atoms with van der Waals surface area (Å²) in [6.07, 6.45) is 7.59. The Morgan fingerprint density at radius 3 is 2.20 bits per heavy atom. The van der Waals surface area contributed by atoms with Crippen LogP contribution in [-0.2, 0) is 0 Å². The van der Waals surface area contributed by atoms with Crippen LogP contribution < -0.4 is 0 Å². The lowest BCUT2D eigenvalue weighted by atomic mass is 9.58. The molecule has 0 radical (unpaired) electrons. The van der Waals surface area contributed by atoms with Crippen molar-refractivity contribution < 1.29 is 5.11 Å². The number of aliphatic hydroxyl groups is 1. The highest BCUT2D eigenvalue weighted by Crippen LogP contribution is 2.50. The first-order valence-corrected chi connectivity index (χ1v) is 3.68. The van der Waals surface area contributed by atoms with Gasteiger partial charge in [0.1, 0.15) is 0 Å². The molecule has 1 aliphatic rings. The van der Waals surface area contributed by atoms with Gasteiger partial charge in [-0.3, -0.25) is 0 Å². The van der Waals surface area contributed by atoms with Crippen LogP contribution in [-0.4, -0.2) is 10.7 Å². The van der Waals surface area contributed by atoms with Gasteiger partial charge in [0.25, 0.3) is 0 Å². The highest BCUT2D eigenvalue weighted by Gasteiger charge is 2.50. The summed E-state index contributed by atoms with van der Waals surface area (Å²) in [6.45, 7) is 4.13. The summed E-state index contributed by atoms with van der Waals surface area (Å²) in [7, 11) is 0. The molecule has 1 atom stereocenters. The van der Waals surface area contributed by atoms with E-state index in [1.165, 1.54) is 0 Å². The third-order valence-corrected chi connectivity index (χ3v) is 2.82. The molecule has 0 aromatic rings. The van der Waals surface area contributed by atoms with E-state index in [4.69, 9.17) is 6.42 Å². The molecule has 1 heteroatoms. The van der Waals surface area contributed by atoms with E-state index in [9.17, 15) is 5.11 Å². The first-order valence-electron chi connectivity index (χ1n) is 3.68. The molecule has 0 heterocycles. The van der Waals surface area contributed by atoms with Crippen LogP contribution in [0.5, 0.6) is 0 Å². The van der Waals surface area contributed by atoms with Gasteiger partial charge in [-0.15, -0.1) is 12.3 Å². The first kappa shape index (κ1) is 7.63. The lowest BCUT2D eigenvalue weighted by Crippen LogP contribution is -2.53. The normalized spacial score (nSPS) is 36.2. The molecule has 0 saturated heterocycles. The average molecular weight is 138 g/mol. The maximum atomic E-state index is 9.80. The van der Waals surface area contributed by atoms with E-state index < -0.39 is 5.60 Å². The van der Waals surface area contributed by atoms with Crippen LogP contribution in [0.15, 0.2) is 0 Å². The number of terminal acetylenes is 1. The fraction of sp³-hybridized carbons (Fsp3) is 0.778. The van der Waals surface area contributed by atoms with E-state index >= 15 is 0 Å². The molecule has 10 heavy (non-hydrogen) atoms. The highest BCUT2D eigenvalue weighted by atomic mass is 16.3. The van der Waals surface area contributed by atoms with Gasteiger partial charge in [0.05, 0.1) is 5.60 Å². The molecule has 1 unspecified atom stereocenters. The molecule has 0 spiro atoms. The standard InChI is InChI=1S/C9H14O/c1-4-5-9(10)7-6-8(9,2)3/h1,10H,5-7H2,2-3H3. The van der Waals surface area contributed by atoms with Crippen LogP contribution in [0.3, 0.4) is 0 Å². The Morgan fingerprint density at radius 1 is 1.50 bits per heavy atom. The SMILES string of the molecule is C#CCC1(O)CCC1(C)C. The summed E-state index contributed by atoms with van der Waals surface area (Å²) in [4.78, 5) is 0. The molecule has 1 rings (SSSR count). The van der Waals surface area contributed by atoms with Crippen LogP contribution in [0.25, 0.3) is 0 Å². The van der Waals surface area contributed by atoms with E-state index in [0.717, 1.165) is 12.8 Å². The highest BCUT2D eigenvalue weighted by molar-refractivity contribution is 5.08. The van der Waals surface area contributed by atoms with Gasteiger partial charge < -0.3 is 5.11 Å². The lowest BCUT2D eigenvalue weighted by Gasteiger charge is -2.51. The fourth-order valence-electron chi connectivity index (χ4n) is 1.41. The van der Waals surface area contributed by atoms with Gasteiger partial charge in [-0.25, -0.2) is 0 Å². The first-order chi connectivity index (χ1) is 4.52. The predicted molar refractivity (Wildman–Crippen MR) is 41.4 cm³/mol. The number of hydrogen-bond acceptors (Lipinski definition) is 1. The van der Waals surface area contributed by atoms with E-state index in [-0.39, 0.29) is 5.41 Å². The summed E-state index contributed by atoms with van der Waals surface area (Å²) in [6, 6.07) is 0. The molecule has 1 aliphatic carbocycles. The molecule has 0 aliphatic heterocycles. The van der Waals surface area contributed by atoms with Gasteiger partial charge in [0.15, 0.2) is 0 Å². The second-order valence-electron chi connectivity index (χ2n) is 3.80. The summed E-state index contributed by atoms with van der Waals surface area (Å²) >= 11 is 0. The van der Waals surface area contributed by atoms with Crippen LogP contribution in [0.1, 0.15) is 33.1 Å². The Balaban J connectivity index is 2.64. The Bertz CT molecular complexity index is 176. The fourth-order valence-corrected chi connectivity index (χ4v) is 1.41. The molecule has 1 fully saturated rings. The zero-order valence-electron chi connectivity index (χ0n) is 6.65. The smallest absolute Gasteiger partial charge is 0.0807 e. The van der Waals surface area contributed by atoms with Gasteiger partial charge in [-0.05, 0) is 18.3 Å². The molecule has 1 N–H and O–H groups in total. The Morgan fingerprint density at radius 2 is 2.10 bits per heavy atom. The third kappa shape index (κ3) is 0.839. The van der Waals surface area contributed by atoms with Crippen LogP contribution in [0.4, 0.5) is 0 Å². The number of rotatable bonds is 1. The van der Waals surface area contributed by atoms with Crippen molar-refractivity contribution in [1.82, 2.24) is 0 Å². The topological polar surface area (TPSA) is 20.2 Å². The van der Waals surface area contributed by atoms with E-state index in [1.807, 2.05) is 0 Å². The molecule has 56 valence electrons. The minimum absolute atomic E-state index is 0.0410. The zero-order valence-corrected chi connectivity index (χ0v) is 6.65. The van der Waals surface area contributed by atoms with Crippen molar-refractivity contribution in [3.05, 3.63) is 0 Å². The zero-order chi connectivity index (χ0) is 7.83. The predicted octanol–water partition coefficient (Wildman–Crippen LogP) is 1.56. The van der Waals surface area contributed by atoms with E-state index in [1.54, 1.807) is 0 Å². The molecular weight excluding hydrogens is 124 g/mol. The van der Waals surface area contributed by atoms with E-state index in [2.05, 4.69) is 19.8 Å². The second kappa shape index (κ2) is 2.00. The summed E-state index contributed by atoms with van der Waals surface area (Å²) in [5.41, 5.74) is -0.527. The van der Waals surface area contributed by atoms with Gasteiger partial charge in [-0.1, -0.05) is 13.8 Å². The molecular formula is C9H14O. The van der Waals surface area contributed by atoms with Gasteiger partial charge in [0.2, 0.25) is 0 Å².